The van der Waals surface area contributed by atoms with Gasteiger partial charge in [-0.15, -0.1) is 0 Å². The van der Waals surface area contributed by atoms with Crippen molar-refractivity contribution in [2.45, 2.75) is 61.3 Å². The summed E-state index contributed by atoms with van der Waals surface area (Å²) in [6, 6.07) is 15.6. The number of benzene rings is 2. The van der Waals surface area contributed by atoms with E-state index < -0.39 is 0 Å². The number of nitrogens with zero attached hydrogens (tertiary/aromatic N) is 2. The van der Waals surface area contributed by atoms with Crippen LogP contribution in [0.15, 0.2) is 82.1 Å². The predicted molar refractivity (Wildman–Crippen MR) is 164 cm³/mol. The lowest BCUT2D eigenvalue weighted by atomic mass is 10.1. The van der Waals surface area contributed by atoms with Crippen molar-refractivity contribution in [2.24, 2.45) is 21.6 Å². The van der Waals surface area contributed by atoms with Gasteiger partial charge in [-0.1, -0.05) is 71.9 Å². The van der Waals surface area contributed by atoms with Crippen LogP contribution in [0.2, 0.25) is 0 Å². The summed E-state index contributed by atoms with van der Waals surface area (Å²) in [5, 5.41) is 5.64. The largest absolute Gasteiger partial charge is 0.404 e. The standard InChI is InChI=1S/C16H22N2O.C13H17N3O.C2H6/c1-5-13-8-7-9-14(10-13)18-16(19)15(6-2)17-11-12(3)4;1-3-10-5-4-6-12(7-10)16-13(17)11(8-14)9-15-2;1-2/h6-12H,5H2,1-4H3,(H,18,19);4-9H,3,14H2,1-2H3,(H,16,17);1-2H3/b15-6-,17-11?;11-8+,15-9?;. The first-order valence-electron chi connectivity index (χ1n) is 13.1. The van der Waals surface area contributed by atoms with Crippen LogP contribution < -0.4 is 16.4 Å². The van der Waals surface area contributed by atoms with E-state index in [1.807, 2.05) is 83.1 Å². The molecule has 0 aliphatic rings. The Morgan fingerprint density at radius 1 is 0.921 bits per heavy atom. The molecule has 0 aromatic heterocycles. The van der Waals surface area contributed by atoms with Crippen molar-refractivity contribution in [2.75, 3.05) is 17.7 Å². The first-order valence-corrected chi connectivity index (χ1v) is 13.1. The second kappa shape index (κ2) is 20.1. The highest BCUT2D eigenvalue weighted by Crippen LogP contribution is 2.13. The molecule has 0 aliphatic heterocycles. The number of allylic oxidation sites excluding steroid dienone is 1. The lowest BCUT2D eigenvalue weighted by molar-refractivity contribution is -0.113. The molecule has 2 amide bonds. The highest BCUT2D eigenvalue weighted by atomic mass is 16.2. The van der Waals surface area contributed by atoms with Gasteiger partial charge in [-0.2, -0.15) is 0 Å². The van der Waals surface area contributed by atoms with Crippen LogP contribution in [0.25, 0.3) is 0 Å². The topological polar surface area (TPSA) is 109 Å². The fraction of sp³-hybridized carbons (Fsp3) is 0.355. The first-order chi connectivity index (χ1) is 18.3. The zero-order valence-electron chi connectivity index (χ0n) is 24.2. The minimum absolute atomic E-state index is 0.173. The number of carbonyl (C=O) groups is 2. The monoisotopic (exact) mass is 519 g/mol. The van der Waals surface area contributed by atoms with Gasteiger partial charge in [0.05, 0.1) is 5.57 Å². The van der Waals surface area contributed by atoms with Crippen LogP contribution >= 0.6 is 0 Å². The van der Waals surface area contributed by atoms with Crippen LogP contribution in [0.1, 0.15) is 59.6 Å². The van der Waals surface area contributed by atoms with Crippen LogP contribution in [0.5, 0.6) is 0 Å². The summed E-state index contributed by atoms with van der Waals surface area (Å²) in [5.74, 6) is -0.106. The lowest BCUT2D eigenvalue weighted by Crippen LogP contribution is -2.16. The molecule has 38 heavy (non-hydrogen) atoms. The second-order valence-electron chi connectivity index (χ2n) is 8.22. The van der Waals surface area contributed by atoms with Crippen LogP contribution in [0.3, 0.4) is 0 Å². The van der Waals surface area contributed by atoms with E-state index in [9.17, 15) is 9.59 Å². The van der Waals surface area contributed by atoms with Gasteiger partial charge in [-0.05, 0) is 61.1 Å². The molecule has 0 spiro atoms. The van der Waals surface area contributed by atoms with Crippen LogP contribution in [0, 0.1) is 5.92 Å². The van der Waals surface area contributed by atoms with Gasteiger partial charge in [0.2, 0.25) is 0 Å². The van der Waals surface area contributed by atoms with Crippen molar-refractivity contribution >= 4 is 35.6 Å². The Bertz CT molecular complexity index is 1110. The average molecular weight is 520 g/mol. The molecule has 0 saturated carbocycles. The summed E-state index contributed by atoms with van der Waals surface area (Å²) in [5.41, 5.74) is 10.1. The molecule has 206 valence electrons. The van der Waals surface area contributed by atoms with E-state index in [-0.39, 0.29) is 11.8 Å². The van der Waals surface area contributed by atoms with Crippen molar-refractivity contribution < 1.29 is 9.59 Å². The van der Waals surface area contributed by atoms with Gasteiger partial charge in [0.15, 0.2) is 0 Å². The van der Waals surface area contributed by atoms with E-state index in [0.29, 0.717) is 17.2 Å². The van der Waals surface area contributed by atoms with Crippen molar-refractivity contribution in [1.29, 1.82) is 0 Å². The Morgan fingerprint density at radius 2 is 1.42 bits per heavy atom. The van der Waals surface area contributed by atoms with Crippen LogP contribution in [0.4, 0.5) is 11.4 Å². The van der Waals surface area contributed by atoms with E-state index in [1.54, 1.807) is 19.3 Å². The predicted octanol–water partition coefficient (Wildman–Crippen LogP) is 6.58. The summed E-state index contributed by atoms with van der Waals surface area (Å²) >= 11 is 0. The average Bonchev–Trinajstić information content (AvgIpc) is 2.93. The first kappa shape index (κ1) is 34.0. The van der Waals surface area contributed by atoms with Crippen molar-refractivity contribution in [1.82, 2.24) is 0 Å². The van der Waals surface area contributed by atoms with Gasteiger partial charge in [0.25, 0.3) is 11.8 Å². The fourth-order valence-electron chi connectivity index (χ4n) is 2.95. The van der Waals surface area contributed by atoms with E-state index in [0.717, 1.165) is 24.2 Å². The number of rotatable bonds is 9. The molecule has 0 bridgehead atoms. The summed E-state index contributed by atoms with van der Waals surface area (Å²) < 4.78 is 0. The molecule has 7 heteroatoms. The number of carbonyl (C=O) groups excluding carboxylic acids is 2. The summed E-state index contributed by atoms with van der Waals surface area (Å²) in [6.45, 7) is 14.0. The summed E-state index contributed by atoms with van der Waals surface area (Å²) in [6.07, 6.45) is 8.05. The van der Waals surface area contributed by atoms with E-state index in [1.165, 1.54) is 23.5 Å². The van der Waals surface area contributed by atoms with Gasteiger partial charge >= 0.3 is 0 Å². The van der Waals surface area contributed by atoms with Crippen molar-refractivity contribution in [3.63, 3.8) is 0 Å². The second-order valence-corrected chi connectivity index (χ2v) is 8.22. The number of hydrogen-bond acceptors (Lipinski definition) is 5. The molecular weight excluding hydrogens is 474 g/mol. The number of anilines is 2. The number of nitrogens with one attached hydrogen (secondary N) is 2. The molecule has 2 aromatic carbocycles. The molecule has 2 rings (SSSR count). The summed E-state index contributed by atoms with van der Waals surface area (Å²) in [4.78, 5) is 31.8. The molecule has 0 fully saturated rings. The lowest BCUT2D eigenvalue weighted by Gasteiger charge is -2.07. The highest BCUT2D eigenvalue weighted by Gasteiger charge is 2.08. The number of amides is 2. The van der Waals surface area contributed by atoms with Gasteiger partial charge in [0.1, 0.15) is 5.70 Å². The number of aliphatic imine (C=N–C) groups is 2. The van der Waals surface area contributed by atoms with E-state index in [2.05, 4.69) is 34.5 Å². The van der Waals surface area contributed by atoms with Crippen LogP contribution in [-0.4, -0.2) is 31.3 Å². The number of aryl methyl sites for hydroxylation is 2. The minimum Gasteiger partial charge on any atom is -0.404 e. The Balaban J connectivity index is 0.000000680. The van der Waals surface area contributed by atoms with Gasteiger partial charge < -0.3 is 16.4 Å². The molecule has 0 atom stereocenters. The summed E-state index contributed by atoms with van der Waals surface area (Å²) in [7, 11) is 1.59. The molecule has 0 radical (unpaired) electrons. The maximum absolute atomic E-state index is 12.1. The van der Waals surface area contributed by atoms with Gasteiger partial charge in [-0.25, -0.2) is 0 Å². The van der Waals surface area contributed by atoms with Gasteiger partial charge in [-0.3, -0.25) is 19.6 Å². The third kappa shape index (κ3) is 13.3. The maximum atomic E-state index is 12.1. The third-order valence-corrected chi connectivity index (χ3v) is 4.91. The SMILES string of the molecule is C/C=C(\N=CC(C)C)C(=O)Nc1cccc(CC)c1.CC.CCc1cccc(NC(=O)/C(C=NC)=C/N)c1. The molecule has 0 heterocycles. The number of hydrogen-bond donors (Lipinski definition) is 3. The molecule has 0 saturated heterocycles. The molecule has 7 nitrogen and oxygen atoms in total. The molecular formula is C31H45N5O2. The Morgan fingerprint density at radius 3 is 1.82 bits per heavy atom. The van der Waals surface area contributed by atoms with E-state index >= 15 is 0 Å². The Labute approximate surface area is 229 Å². The molecule has 2 aromatic rings. The van der Waals surface area contributed by atoms with Crippen LogP contribution in [-0.2, 0) is 22.4 Å². The zero-order valence-corrected chi connectivity index (χ0v) is 24.2. The fourth-order valence-corrected chi connectivity index (χ4v) is 2.95. The Kier molecular flexibility index (Phi) is 18.0. The van der Waals surface area contributed by atoms with E-state index in [4.69, 9.17) is 5.73 Å². The highest BCUT2D eigenvalue weighted by molar-refractivity contribution is 6.17. The minimum atomic E-state index is -0.258. The maximum Gasteiger partial charge on any atom is 0.273 e. The zero-order chi connectivity index (χ0) is 28.9. The quantitative estimate of drug-likeness (QED) is 0.257. The van der Waals surface area contributed by atoms with Crippen molar-refractivity contribution in [3.8, 4) is 0 Å². The van der Waals surface area contributed by atoms with Gasteiger partial charge in [0, 0.05) is 37.1 Å². The normalized spacial score (nSPS) is 11.5. The molecule has 4 N–H and O–H groups in total. The van der Waals surface area contributed by atoms with Crippen molar-refractivity contribution in [3.05, 3.63) is 83.2 Å². The molecule has 0 unspecified atom stereocenters. The smallest absolute Gasteiger partial charge is 0.273 e. The number of nitrogens with two attached hydrogens (primary N) is 1. The molecule has 0 aliphatic carbocycles. The Hall–Kier alpha value is -4.00. The third-order valence-electron chi connectivity index (χ3n) is 4.91.